The van der Waals surface area contributed by atoms with Gasteiger partial charge in [-0.2, -0.15) is 0 Å². The summed E-state index contributed by atoms with van der Waals surface area (Å²) in [5, 5.41) is 3.03. The molecule has 1 aromatic carbocycles. The maximum absolute atomic E-state index is 12.6. The fourth-order valence-electron chi connectivity index (χ4n) is 3.28. The van der Waals surface area contributed by atoms with Gasteiger partial charge in [0.2, 0.25) is 11.8 Å². The molecule has 0 aromatic heterocycles. The fraction of sp³-hybridized carbons (Fsp3) is 0.579. The lowest BCUT2D eigenvalue weighted by molar-refractivity contribution is -0.136. The molecule has 1 N–H and O–H groups in total. The predicted molar refractivity (Wildman–Crippen MR) is 97.0 cm³/mol. The minimum atomic E-state index is -0.247. The number of piperidine rings is 1. The van der Waals surface area contributed by atoms with Gasteiger partial charge in [-0.25, -0.2) is 0 Å². The van der Waals surface area contributed by atoms with Crippen LogP contribution in [0.25, 0.3) is 0 Å². The molecule has 2 amide bonds. The minimum absolute atomic E-state index is 0.00916. The lowest BCUT2D eigenvalue weighted by Crippen LogP contribution is -2.49. The van der Waals surface area contributed by atoms with Crippen molar-refractivity contribution in [2.75, 3.05) is 32.5 Å². The quantitative estimate of drug-likeness (QED) is 0.922. The lowest BCUT2D eigenvalue weighted by Gasteiger charge is -2.36. The normalized spacial score (nSPS) is 19.6. The summed E-state index contributed by atoms with van der Waals surface area (Å²) in [6.45, 7) is 7.47. The molecule has 2 atom stereocenters. The Bertz CT molecular complexity index is 613. The van der Waals surface area contributed by atoms with E-state index >= 15 is 0 Å². The number of aryl methyl sites for hydroxylation is 2. The topological polar surface area (TPSA) is 52.7 Å². The molecule has 5 nitrogen and oxygen atoms in total. The van der Waals surface area contributed by atoms with E-state index in [0.29, 0.717) is 6.54 Å². The Morgan fingerprint density at radius 2 is 2.00 bits per heavy atom. The molecule has 2 unspecified atom stereocenters. The van der Waals surface area contributed by atoms with E-state index in [4.69, 9.17) is 0 Å². The summed E-state index contributed by atoms with van der Waals surface area (Å²) in [5.41, 5.74) is 3.10. The highest BCUT2D eigenvalue weighted by molar-refractivity contribution is 5.95. The van der Waals surface area contributed by atoms with Crippen LogP contribution in [0.3, 0.4) is 0 Å². The summed E-state index contributed by atoms with van der Waals surface area (Å²) in [5.74, 6) is 0.131. The molecule has 132 valence electrons. The van der Waals surface area contributed by atoms with E-state index in [9.17, 15) is 9.59 Å². The number of amides is 2. The highest BCUT2D eigenvalue weighted by Crippen LogP contribution is 2.21. The average molecular weight is 331 g/mol. The predicted octanol–water partition coefficient (Wildman–Crippen LogP) is 2.43. The Morgan fingerprint density at radius 1 is 1.29 bits per heavy atom. The van der Waals surface area contributed by atoms with E-state index in [-0.39, 0.29) is 23.8 Å². The van der Waals surface area contributed by atoms with Crippen molar-refractivity contribution >= 4 is 17.5 Å². The highest BCUT2D eigenvalue weighted by Gasteiger charge is 2.31. The number of nitrogens with one attached hydrogen (secondary N) is 1. The zero-order valence-electron chi connectivity index (χ0n) is 15.4. The van der Waals surface area contributed by atoms with Crippen molar-refractivity contribution in [2.24, 2.45) is 5.92 Å². The molecule has 1 heterocycles. The maximum Gasteiger partial charge on any atom is 0.241 e. The zero-order chi connectivity index (χ0) is 17.9. The van der Waals surface area contributed by atoms with Crippen LogP contribution in [-0.2, 0) is 9.59 Å². The minimum Gasteiger partial charge on any atom is -0.349 e. The molecular weight excluding hydrogens is 302 g/mol. The molecule has 0 bridgehead atoms. The monoisotopic (exact) mass is 331 g/mol. The second kappa shape index (κ2) is 7.79. The summed E-state index contributed by atoms with van der Waals surface area (Å²) < 4.78 is 0. The average Bonchev–Trinajstić information content (AvgIpc) is 2.55. The lowest BCUT2D eigenvalue weighted by atomic mass is 9.95. The van der Waals surface area contributed by atoms with Crippen molar-refractivity contribution in [1.82, 2.24) is 9.80 Å². The van der Waals surface area contributed by atoms with Crippen molar-refractivity contribution in [3.05, 3.63) is 29.3 Å². The SMILES string of the molecule is Cc1ccc(NC(=O)C(C)N2CCCC(C(=O)N(C)C)C2)c(C)c1. The first-order valence-electron chi connectivity index (χ1n) is 8.63. The number of hydrogen-bond donors (Lipinski definition) is 1. The molecule has 5 heteroatoms. The van der Waals surface area contributed by atoms with Gasteiger partial charge in [-0.05, 0) is 51.8 Å². The standard InChI is InChI=1S/C19H29N3O2/c1-13-8-9-17(14(2)11-13)20-18(23)15(3)22-10-6-7-16(12-22)19(24)21(4)5/h8-9,11,15-16H,6-7,10,12H2,1-5H3,(H,20,23). The smallest absolute Gasteiger partial charge is 0.241 e. The Kier molecular flexibility index (Phi) is 5.99. The van der Waals surface area contributed by atoms with Crippen LogP contribution < -0.4 is 5.32 Å². The molecule has 0 aliphatic carbocycles. The third-order valence-electron chi connectivity index (χ3n) is 4.81. The molecule has 0 saturated carbocycles. The van der Waals surface area contributed by atoms with Crippen LogP contribution in [0.1, 0.15) is 30.9 Å². The second-order valence-electron chi connectivity index (χ2n) is 7.05. The van der Waals surface area contributed by atoms with Gasteiger partial charge in [-0.15, -0.1) is 0 Å². The number of carbonyl (C=O) groups excluding carboxylic acids is 2. The largest absolute Gasteiger partial charge is 0.349 e. The van der Waals surface area contributed by atoms with Crippen LogP contribution in [0.15, 0.2) is 18.2 Å². The van der Waals surface area contributed by atoms with Crippen LogP contribution in [0.5, 0.6) is 0 Å². The third kappa shape index (κ3) is 4.35. The number of carbonyl (C=O) groups is 2. The summed E-state index contributed by atoms with van der Waals surface area (Å²) in [6.07, 6.45) is 1.85. The maximum atomic E-state index is 12.6. The van der Waals surface area contributed by atoms with Gasteiger partial charge in [0.05, 0.1) is 12.0 Å². The molecule has 1 fully saturated rings. The van der Waals surface area contributed by atoms with Gasteiger partial charge in [0.15, 0.2) is 0 Å². The van der Waals surface area contributed by atoms with E-state index in [0.717, 1.165) is 30.6 Å². The van der Waals surface area contributed by atoms with Crippen LogP contribution in [-0.4, -0.2) is 54.8 Å². The third-order valence-corrected chi connectivity index (χ3v) is 4.81. The Balaban J connectivity index is 2.00. The molecule has 2 rings (SSSR count). The van der Waals surface area contributed by atoms with E-state index in [2.05, 4.69) is 16.3 Å². The van der Waals surface area contributed by atoms with E-state index in [1.54, 1.807) is 19.0 Å². The summed E-state index contributed by atoms with van der Waals surface area (Å²) in [6, 6.07) is 5.76. The van der Waals surface area contributed by atoms with Crippen molar-refractivity contribution in [2.45, 2.75) is 39.7 Å². The van der Waals surface area contributed by atoms with E-state index < -0.39 is 0 Å². The van der Waals surface area contributed by atoms with Crippen LogP contribution in [0, 0.1) is 19.8 Å². The molecule has 1 aromatic rings. The Morgan fingerprint density at radius 3 is 2.62 bits per heavy atom. The second-order valence-corrected chi connectivity index (χ2v) is 7.05. The molecule has 0 radical (unpaired) electrons. The zero-order valence-corrected chi connectivity index (χ0v) is 15.4. The molecule has 1 saturated heterocycles. The van der Waals surface area contributed by atoms with Gasteiger partial charge in [0.25, 0.3) is 0 Å². The summed E-state index contributed by atoms with van der Waals surface area (Å²) in [4.78, 5) is 28.6. The molecule has 1 aliphatic heterocycles. The van der Waals surface area contributed by atoms with Crippen LogP contribution in [0.2, 0.25) is 0 Å². The van der Waals surface area contributed by atoms with Gasteiger partial charge in [-0.1, -0.05) is 17.7 Å². The van der Waals surface area contributed by atoms with Crippen LogP contribution >= 0.6 is 0 Å². The summed E-state index contributed by atoms with van der Waals surface area (Å²) >= 11 is 0. The Labute approximate surface area is 145 Å². The number of benzene rings is 1. The fourth-order valence-corrected chi connectivity index (χ4v) is 3.28. The molecular formula is C19H29N3O2. The van der Waals surface area contributed by atoms with Crippen molar-refractivity contribution in [1.29, 1.82) is 0 Å². The van der Waals surface area contributed by atoms with Crippen molar-refractivity contribution in [3.8, 4) is 0 Å². The molecule has 24 heavy (non-hydrogen) atoms. The first-order valence-corrected chi connectivity index (χ1v) is 8.63. The van der Waals surface area contributed by atoms with Gasteiger partial charge in [0.1, 0.15) is 0 Å². The molecule has 1 aliphatic rings. The van der Waals surface area contributed by atoms with Gasteiger partial charge in [0, 0.05) is 26.3 Å². The number of hydrogen-bond acceptors (Lipinski definition) is 3. The van der Waals surface area contributed by atoms with Gasteiger partial charge >= 0.3 is 0 Å². The van der Waals surface area contributed by atoms with Gasteiger partial charge < -0.3 is 10.2 Å². The Hall–Kier alpha value is -1.88. The highest BCUT2D eigenvalue weighted by atomic mass is 16.2. The number of likely N-dealkylation sites (tertiary alicyclic amines) is 1. The van der Waals surface area contributed by atoms with Gasteiger partial charge in [-0.3, -0.25) is 14.5 Å². The number of rotatable bonds is 4. The van der Waals surface area contributed by atoms with Crippen molar-refractivity contribution in [3.63, 3.8) is 0 Å². The van der Waals surface area contributed by atoms with Crippen LogP contribution in [0.4, 0.5) is 5.69 Å². The van der Waals surface area contributed by atoms with E-state index in [1.165, 1.54) is 5.56 Å². The van der Waals surface area contributed by atoms with Crippen molar-refractivity contribution < 1.29 is 9.59 Å². The number of nitrogens with zero attached hydrogens (tertiary/aromatic N) is 2. The number of anilines is 1. The van der Waals surface area contributed by atoms with E-state index in [1.807, 2.05) is 32.9 Å². The first kappa shape index (κ1) is 18.5. The summed E-state index contributed by atoms with van der Waals surface area (Å²) in [7, 11) is 3.58. The molecule has 0 spiro atoms. The first-order chi connectivity index (χ1) is 11.3.